The Hall–Kier alpha value is -0.690. The molecule has 0 spiro atoms. The van der Waals surface area contributed by atoms with Crippen LogP contribution >= 0.6 is 0 Å². The molecular weight excluding hydrogens is 168 g/mol. The van der Waals surface area contributed by atoms with Crippen molar-refractivity contribution < 1.29 is 29.6 Å². The lowest BCUT2D eigenvalue weighted by atomic mass is 10.1. The predicted octanol–water partition coefficient (Wildman–Crippen LogP) is -2.65. The zero-order valence-corrected chi connectivity index (χ0v) is 5.95. The molecule has 0 saturated carbocycles. The molecule has 2 rings (SSSR count). The van der Waals surface area contributed by atoms with Crippen molar-refractivity contribution in [1.29, 1.82) is 0 Å². The van der Waals surface area contributed by atoms with Crippen LogP contribution in [0.15, 0.2) is 0 Å². The van der Waals surface area contributed by atoms with Crippen LogP contribution in [-0.4, -0.2) is 52.0 Å². The van der Waals surface area contributed by atoms with Crippen molar-refractivity contribution in [2.45, 2.75) is 30.7 Å². The van der Waals surface area contributed by atoms with E-state index < -0.39 is 36.7 Å². The van der Waals surface area contributed by atoms with Gasteiger partial charge in [-0.3, -0.25) is 0 Å². The standard InChI is InChI=1S/C6H8O6/c7-1-3-4(12-5(1)9)2(8)6(10)11-3/h1-5,7-9H/t1-,2+,3-,4+,5-/m1/s1. The van der Waals surface area contributed by atoms with Gasteiger partial charge in [0, 0.05) is 0 Å². The summed E-state index contributed by atoms with van der Waals surface area (Å²) >= 11 is 0. The van der Waals surface area contributed by atoms with E-state index in [0.29, 0.717) is 0 Å². The molecular formula is C6H8O6. The van der Waals surface area contributed by atoms with Gasteiger partial charge < -0.3 is 24.8 Å². The number of rotatable bonds is 0. The highest BCUT2D eigenvalue weighted by atomic mass is 16.7. The van der Waals surface area contributed by atoms with Crippen molar-refractivity contribution in [3.8, 4) is 0 Å². The molecule has 0 aliphatic carbocycles. The van der Waals surface area contributed by atoms with Crippen molar-refractivity contribution in [2.24, 2.45) is 0 Å². The molecule has 0 aromatic carbocycles. The lowest BCUT2D eigenvalue weighted by Gasteiger charge is -2.10. The Labute approximate surface area is 67.3 Å². The maximum Gasteiger partial charge on any atom is 0.338 e. The first-order chi connectivity index (χ1) is 5.61. The van der Waals surface area contributed by atoms with E-state index in [4.69, 9.17) is 15.3 Å². The lowest BCUT2D eigenvalue weighted by molar-refractivity contribution is -0.168. The highest BCUT2D eigenvalue weighted by molar-refractivity contribution is 5.78. The Kier molecular flexibility index (Phi) is 1.58. The second-order valence-corrected chi connectivity index (χ2v) is 2.83. The number of esters is 1. The van der Waals surface area contributed by atoms with Gasteiger partial charge in [-0.1, -0.05) is 0 Å². The van der Waals surface area contributed by atoms with Gasteiger partial charge in [0.15, 0.2) is 18.5 Å². The summed E-state index contributed by atoms with van der Waals surface area (Å²) in [5.74, 6) is -0.823. The van der Waals surface area contributed by atoms with E-state index in [-0.39, 0.29) is 0 Å². The van der Waals surface area contributed by atoms with Crippen LogP contribution < -0.4 is 0 Å². The average molecular weight is 176 g/mol. The maximum atomic E-state index is 10.7. The molecule has 5 atom stereocenters. The fourth-order valence-electron chi connectivity index (χ4n) is 1.40. The van der Waals surface area contributed by atoms with Crippen LogP contribution in [0.4, 0.5) is 0 Å². The van der Waals surface area contributed by atoms with Crippen LogP contribution in [0.25, 0.3) is 0 Å². The fourth-order valence-corrected chi connectivity index (χ4v) is 1.40. The first-order valence-corrected chi connectivity index (χ1v) is 3.51. The molecule has 0 aromatic heterocycles. The van der Waals surface area contributed by atoms with Gasteiger partial charge >= 0.3 is 5.97 Å². The summed E-state index contributed by atoms with van der Waals surface area (Å²) in [6, 6.07) is 0. The van der Waals surface area contributed by atoms with Crippen LogP contribution in [0.5, 0.6) is 0 Å². The summed E-state index contributed by atoms with van der Waals surface area (Å²) in [6.07, 6.45) is -5.94. The number of carbonyl (C=O) groups excluding carboxylic acids is 1. The van der Waals surface area contributed by atoms with Gasteiger partial charge in [0.05, 0.1) is 0 Å². The Morgan fingerprint density at radius 1 is 1.17 bits per heavy atom. The quantitative estimate of drug-likeness (QED) is 0.349. The van der Waals surface area contributed by atoms with E-state index in [1.165, 1.54) is 0 Å². The molecule has 0 radical (unpaired) electrons. The first-order valence-electron chi connectivity index (χ1n) is 3.51. The molecule has 68 valence electrons. The number of hydrogen-bond donors (Lipinski definition) is 3. The van der Waals surface area contributed by atoms with Crippen molar-refractivity contribution in [2.75, 3.05) is 0 Å². The van der Waals surface area contributed by atoms with Gasteiger partial charge in [0.1, 0.15) is 12.2 Å². The topological polar surface area (TPSA) is 96.2 Å². The van der Waals surface area contributed by atoms with Crippen molar-refractivity contribution in [3.63, 3.8) is 0 Å². The maximum absolute atomic E-state index is 10.7. The molecule has 3 N–H and O–H groups in total. The van der Waals surface area contributed by atoms with Crippen LogP contribution in [-0.2, 0) is 14.3 Å². The molecule has 2 fully saturated rings. The van der Waals surface area contributed by atoms with E-state index >= 15 is 0 Å². The first kappa shape index (κ1) is 7.93. The molecule has 6 nitrogen and oxygen atoms in total. The highest BCUT2D eigenvalue weighted by Gasteiger charge is 2.56. The molecule has 2 aliphatic rings. The minimum Gasteiger partial charge on any atom is -0.454 e. The molecule has 6 heteroatoms. The van der Waals surface area contributed by atoms with Crippen LogP contribution in [0.1, 0.15) is 0 Å². The molecule has 12 heavy (non-hydrogen) atoms. The molecule has 0 amide bonds. The number of ether oxygens (including phenoxy) is 2. The summed E-state index contributed by atoms with van der Waals surface area (Å²) in [6.45, 7) is 0. The Morgan fingerprint density at radius 2 is 1.83 bits per heavy atom. The normalized spacial score (nSPS) is 52.2. The zero-order valence-electron chi connectivity index (χ0n) is 5.95. The van der Waals surface area contributed by atoms with Crippen molar-refractivity contribution >= 4 is 5.97 Å². The largest absolute Gasteiger partial charge is 0.454 e. The predicted molar refractivity (Wildman–Crippen MR) is 32.8 cm³/mol. The SMILES string of the molecule is O=C1O[C@@H]2[C@@H](O)[C@H](O)O[C@H]2[C@@H]1O. The lowest BCUT2D eigenvalue weighted by Crippen LogP contribution is -2.32. The van der Waals surface area contributed by atoms with Gasteiger partial charge in [-0.15, -0.1) is 0 Å². The van der Waals surface area contributed by atoms with E-state index in [1.807, 2.05) is 0 Å². The third-order valence-corrected chi connectivity index (χ3v) is 2.05. The second kappa shape index (κ2) is 2.40. The van der Waals surface area contributed by atoms with Gasteiger partial charge in [-0.2, -0.15) is 0 Å². The van der Waals surface area contributed by atoms with Crippen LogP contribution in [0.2, 0.25) is 0 Å². The Morgan fingerprint density at radius 3 is 2.42 bits per heavy atom. The minimum atomic E-state index is -1.40. The molecule has 0 aromatic rings. The fraction of sp³-hybridized carbons (Fsp3) is 0.833. The summed E-state index contributed by atoms with van der Waals surface area (Å²) in [4.78, 5) is 10.7. The molecule has 2 heterocycles. The minimum absolute atomic E-state index is 0.823. The van der Waals surface area contributed by atoms with Crippen LogP contribution in [0, 0.1) is 0 Å². The molecule has 0 unspecified atom stereocenters. The smallest absolute Gasteiger partial charge is 0.338 e. The molecule has 2 saturated heterocycles. The van der Waals surface area contributed by atoms with E-state index in [1.54, 1.807) is 0 Å². The van der Waals surface area contributed by atoms with Crippen LogP contribution in [0.3, 0.4) is 0 Å². The summed E-state index contributed by atoms with van der Waals surface area (Å²) in [5.41, 5.74) is 0. The summed E-state index contributed by atoms with van der Waals surface area (Å²) in [5, 5.41) is 27.2. The van der Waals surface area contributed by atoms with Gasteiger partial charge in [0.2, 0.25) is 0 Å². The van der Waals surface area contributed by atoms with Crippen molar-refractivity contribution in [3.05, 3.63) is 0 Å². The number of aliphatic hydroxyl groups excluding tert-OH is 3. The van der Waals surface area contributed by atoms with E-state index in [0.717, 1.165) is 0 Å². The van der Waals surface area contributed by atoms with E-state index in [2.05, 4.69) is 9.47 Å². The number of fused-ring (bicyclic) bond motifs is 1. The van der Waals surface area contributed by atoms with E-state index in [9.17, 15) is 4.79 Å². The monoisotopic (exact) mass is 176 g/mol. The summed E-state index contributed by atoms with van der Waals surface area (Å²) in [7, 11) is 0. The van der Waals surface area contributed by atoms with Gasteiger partial charge in [-0.05, 0) is 0 Å². The molecule has 0 bridgehead atoms. The third kappa shape index (κ3) is 0.862. The molecule has 2 aliphatic heterocycles. The number of aliphatic hydroxyl groups is 3. The third-order valence-electron chi connectivity index (χ3n) is 2.05. The average Bonchev–Trinajstić information content (AvgIpc) is 2.43. The number of carbonyl (C=O) groups is 1. The van der Waals surface area contributed by atoms with Gasteiger partial charge in [0.25, 0.3) is 0 Å². The zero-order chi connectivity index (χ0) is 8.88. The van der Waals surface area contributed by atoms with Gasteiger partial charge in [-0.25, -0.2) is 4.79 Å². The second-order valence-electron chi connectivity index (χ2n) is 2.83. The highest BCUT2D eigenvalue weighted by Crippen LogP contribution is 2.30. The number of hydrogen-bond acceptors (Lipinski definition) is 6. The van der Waals surface area contributed by atoms with Crippen molar-refractivity contribution in [1.82, 2.24) is 0 Å². The Bertz CT molecular complexity index is 216. The Balaban J connectivity index is 2.19. The summed E-state index contributed by atoms with van der Waals surface area (Å²) < 4.78 is 9.25.